The van der Waals surface area contributed by atoms with Gasteiger partial charge in [0.05, 0.1) is 17.7 Å². The van der Waals surface area contributed by atoms with E-state index >= 15 is 0 Å². The van der Waals surface area contributed by atoms with Gasteiger partial charge in [-0.25, -0.2) is 0 Å². The van der Waals surface area contributed by atoms with Gasteiger partial charge in [-0.2, -0.15) is 0 Å². The smallest absolute Gasteiger partial charge is 0.0865 e. The van der Waals surface area contributed by atoms with Crippen LogP contribution in [0.1, 0.15) is 46.0 Å². The van der Waals surface area contributed by atoms with Crippen LogP contribution < -0.4 is 5.73 Å². The van der Waals surface area contributed by atoms with Crippen molar-refractivity contribution in [2.24, 2.45) is 17.1 Å². The summed E-state index contributed by atoms with van der Waals surface area (Å²) in [5, 5.41) is 0. The summed E-state index contributed by atoms with van der Waals surface area (Å²) in [6.45, 7) is 5.65. The molecule has 2 unspecified atom stereocenters. The zero-order chi connectivity index (χ0) is 10.0. The normalized spacial score (nSPS) is 47.8. The van der Waals surface area contributed by atoms with E-state index in [9.17, 15) is 0 Å². The Morgan fingerprint density at radius 2 is 1.79 bits per heavy atom. The fourth-order valence-corrected chi connectivity index (χ4v) is 3.45. The van der Waals surface area contributed by atoms with Crippen molar-refractivity contribution in [3.63, 3.8) is 0 Å². The van der Waals surface area contributed by atoms with Crippen molar-refractivity contribution in [1.29, 1.82) is 0 Å². The topological polar surface area (TPSA) is 35.2 Å². The van der Waals surface area contributed by atoms with Crippen molar-refractivity contribution in [1.82, 2.24) is 0 Å². The van der Waals surface area contributed by atoms with Crippen LogP contribution in [0.25, 0.3) is 0 Å². The molecule has 2 atom stereocenters. The predicted octanol–water partition coefficient (Wildman–Crippen LogP) is 2.07. The molecule has 0 amide bonds. The Bertz CT molecular complexity index is 261. The Kier molecular flexibility index (Phi) is 1.54. The molecule has 0 aromatic carbocycles. The van der Waals surface area contributed by atoms with Crippen molar-refractivity contribution in [3.8, 4) is 0 Å². The highest BCUT2D eigenvalue weighted by Crippen LogP contribution is 2.62. The van der Waals surface area contributed by atoms with E-state index in [1.807, 2.05) is 0 Å². The van der Waals surface area contributed by atoms with E-state index in [0.717, 1.165) is 6.61 Å². The van der Waals surface area contributed by atoms with E-state index in [-0.39, 0.29) is 11.1 Å². The Morgan fingerprint density at radius 1 is 1.14 bits per heavy atom. The Morgan fingerprint density at radius 3 is 2.21 bits per heavy atom. The lowest BCUT2D eigenvalue weighted by atomic mass is 9.68. The number of hydrogen-bond acceptors (Lipinski definition) is 2. The molecule has 2 saturated carbocycles. The second-order valence-electron chi connectivity index (χ2n) is 6.41. The molecule has 3 aliphatic rings. The molecule has 2 N–H and O–H groups in total. The fraction of sp³-hybridized carbons (Fsp3) is 1.00. The first kappa shape index (κ1) is 9.17. The third kappa shape index (κ3) is 0.989. The van der Waals surface area contributed by atoms with E-state index < -0.39 is 0 Å². The van der Waals surface area contributed by atoms with Crippen LogP contribution in [-0.2, 0) is 4.74 Å². The molecule has 2 heteroatoms. The fourth-order valence-electron chi connectivity index (χ4n) is 3.45. The molecule has 1 heterocycles. The molecule has 1 aliphatic heterocycles. The number of ether oxygens (including phenoxy) is 1. The van der Waals surface area contributed by atoms with Crippen LogP contribution in [0.15, 0.2) is 0 Å². The largest absolute Gasteiger partial charge is 0.373 e. The minimum absolute atomic E-state index is 0.0729. The maximum Gasteiger partial charge on any atom is 0.0865 e. The SMILES string of the molecule is CC1(C)CCC2(CC1)OCC1CC12N. The summed E-state index contributed by atoms with van der Waals surface area (Å²) in [4.78, 5) is 0. The molecule has 0 aromatic rings. The lowest BCUT2D eigenvalue weighted by Crippen LogP contribution is -2.52. The first-order valence-corrected chi connectivity index (χ1v) is 5.90. The third-order valence-electron chi connectivity index (χ3n) is 4.97. The zero-order valence-electron chi connectivity index (χ0n) is 9.31. The minimum atomic E-state index is 0.0729. The van der Waals surface area contributed by atoms with Crippen LogP contribution in [0.2, 0.25) is 0 Å². The second kappa shape index (κ2) is 2.35. The maximum atomic E-state index is 6.43. The molecular weight excluding hydrogens is 174 g/mol. The molecular formula is C12H21NO. The van der Waals surface area contributed by atoms with Gasteiger partial charge in [-0.15, -0.1) is 0 Å². The monoisotopic (exact) mass is 195 g/mol. The van der Waals surface area contributed by atoms with Gasteiger partial charge in [0.1, 0.15) is 0 Å². The van der Waals surface area contributed by atoms with Crippen LogP contribution in [0.3, 0.4) is 0 Å². The highest BCUT2D eigenvalue weighted by molar-refractivity contribution is 5.25. The Balaban J connectivity index is 1.81. The van der Waals surface area contributed by atoms with Crippen LogP contribution >= 0.6 is 0 Å². The van der Waals surface area contributed by atoms with E-state index in [4.69, 9.17) is 10.5 Å². The molecule has 80 valence electrons. The van der Waals surface area contributed by atoms with Gasteiger partial charge in [-0.3, -0.25) is 0 Å². The van der Waals surface area contributed by atoms with Crippen molar-refractivity contribution >= 4 is 0 Å². The summed E-state index contributed by atoms with van der Waals surface area (Å²) in [7, 11) is 0. The summed E-state index contributed by atoms with van der Waals surface area (Å²) in [6.07, 6.45) is 6.14. The number of fused-ring (bicyclic) bond motifs is 2. The van der Waals surface area contributed by atoms with Gasteiger partial charge in [0, 0.05) is 5.92 Å². The quantitative estimate of drug-likeness (QED) is 0.642. The molecule has 3 rings (SSSR count). The molecule has 2 nitrogen and oxygen atoms in total. The van der Waals surface area contributed by atoms with E-state index in [2.05, 4.69) is 13.8 Å². The van der Waals surface area contributed by atoms with Gasteiger partial charge in [-0.05, 0) is 37.5 Å². The second-order valence-corrected chi connectivity index (χ2v) is 6.41. The van der Waals surface area contributed by atoms with Crippen LogP contribution in [0.4, 0.5) is 0 Å². The summed E-state index contributed by atoms with van der Waals surface area (Å²) in [5.74, 6) is 0.684. The predicted molar refractivity (Wildman–Crippen MR) is 56.0 cm³/mol. The summed E-state index contributed by atoms with van der Waals surface area (Å²) in [6, 6.07) is 0. The number of nitrogens with two attached hydrogens (primary N) is 1. The average molecular weight is 195 g/mol. The average Bonchev–Trinajstić information content (AvgIpc) is 2.71. The molecule has 0 radical (unpaired) electrons. The first-order chi connectivity index (χ1) is 6.48. The van der Waals surface area contributed by atoms with E-state index in [0.29, 0.717) is 11.3 Å². The van der Waals surface area contributed by atoms with Crippen LogP contribution in [0, 0.1) is 11.3 Å². The molecule has 2 aliphatic carbocycles. The molecule has 1 spiro atoms. The number of rotatable bonds is 0. The van der Waals surface area contributed by atoms with E-state index in [1.165, 1.54) is 32.1 Å². The Labute approximate surface area is 86.2 Å². The number of hydrogen-bond donors (Lipinski definition) is 1. The molecule has 1 saturated heterocycles. The summed E-state index contributed by atoms with van der Waals surface area (Å²) >= 11 is 0. The van der Waals surface area contributed by atoms with Gasteiger partial charge in [0.2, 0.25) is 0 Å². The Hall–Kier alpha value is -0.0800. The van der Waals surface area contributed by atoms with E-state index in [1.54, 1.807) is 0 Å². The van der Waals surface area contributed by atoms with Gasteiger partial charge in [-0.1, -0.05) is 13.8 Å². The minimum Gasteiger partial charge on any atom is -0.373 e. The van der Waals surface area contributed by atoms with Gasteiger partial charge in [0.15, 0.2) is 0 Å². The van der Waals surface area contributed by atoms with Crippen molar-refractivity contribution in [3.05, 3.63) is 0 Å². The van der Waals surface area contributed by atoms with Gasteiger partial charge < -0.3 is 10.5 Å². The standard InChI is InChI=1S/C12H21NO/c1-10(2)3-5-11(6-4-10)12(13)7-9(12)8-14-11/h9H,3-8,13H2,1-2H3. The highest BCUT2D eigenvalue weighted by Gasteiger charge is 2.70. The van der Waals surface area contributed by atoms with Crippen molar-refractivity contribution < 1.29 is 4.74 Å². The van der Waals surface area contributed by atoms with Gasteiger partial charge >= 0.3 is 0 Å². The molecule has 3 fully saturated rings. The zero-order valence-corrected chi connectivity index (χ0v) is 9.31. The first-order valence-electron chi connectivity index (χ1n) is 5.90. The highest BCUT2D eigenvalue weighted by atomic mass is 16.5. The van der Waals surface area contributed by atoms with Gasteiger partial charge in [0.25, 0.3) is 0 Å². The molecule has 0 aromatic heterocycles. The van der Waals surface area contributed by atoms with Crippen molar-refractivity contribution in [2.45, 2.75) is 57.1 Å². The lowest BCUT2D eigenvalue weighted by molar-refractivity contribution is -0.0774. The van der Waals surface area contributed by atoms with Crippen LogP contribution in [-0.4, -0.2) is 17.7 Å². The summed E-state index contributed by atoms with van der Waals surface area (Å²) in [5.41, 5.74) is 7.09. The lowest BCUT2D eigenvalue weighted by Gasteiger charge is -2.44. The maximum absolute atomic E-state index is 6.43. The molecule has 14 heavy (non-hydrogen) atoms. The third-order valence-corrected chi connectivity index (χ3v) is 4.97. The van der Waals surface area contributed by atoms with Crippen LogP contribution in [0.5, 0.6) is 0 Å². The van der Waals surface area contributed by atoms with Crippen molar-refractivity contribution in [2.75, 3.05) is 6.61 Å². The summed E-state index contributed by atoms with van der Waals surface area (Å²) < 4.78 is 6.01. The molecule has 0 bridgehead atoms.